The number of hydrogen-bond acceptors (Lipinski definition) is 4. The first-order valence-corrected chi connectivity index (χ1v) is 7.01. The predicted octanol–water partition coefficient (Wildman–Crippen LogP) is 1.52. The lowest BCUT2D eigenvalue weighted by molar-refractivity contribution is 0.137. The van der Waals surface area contributed by atoms with Gasteiger partial charge in [0.25, 0.3) is 0 Å². The molecule has 0 aromatic carbocycles. The van der Waals surface area contributed by atoms with E-state index in [1.165, 1.54) is 19.3 Å². The smallest absolute Gasteiger partial charge is 0.129 e. The largest absolute Gasteiger partial charge is 0.462 e. The van der Waals surface area contributed by atoms with Crippen LogP contribution in [0.5, 0.6) is 0 Å². The molecule has 4 nitrogen and oxygen atoms in total. The number of aliphatic hydroxyl groups is 1. The first kappa shape index (κ1) is 12.2. The van der Waals surface area contributed by atoms with Gasteiger partial charge in [-0.05, 0) is 24.5 Å². The van der Waals surface area contributed by atoms with Crippen LogP contribution in [0.1, 0.15) is 36.8 Å². The Labute approximate surface area is 108 Å². The minimum Gasteiger partial charge on any atom is -0.462 e. The second-order valence-corrected chi connectivity index (χ2v) is 5.44. The lowest BCUT2D eigenvalue weighted by atomic mass is 10.1. The Balaban J connectivity index is 1.74. The lowest BCUT2D eigenvalue weighted by Gasteiger charge is -2.34. The molecular weight excluding hydrogens is 228 g/mol. The van der Waals surface area contributed by atoms with Crippen molar-refractivity contribution in [3.8, 4) is 0 Å². The summed E-state index contributed by atoms with van der Waals surface area (Å²) in [6.07, 6.45) is 3.95. The first-order chi connectivity index (χ1) is 8.86. The molecule has 3 rings (SSSR count). The van der Waals surface area contributed by atoms with Gasteiger partial charge in [-0.3, -0.25) is 4.90 Å². The summed E-state index contributed by atoms with van der Waals surface area (Å²) in [6, 6.07) is 4.35. The van der Waals surface area contributed by atoms with Crippen LogP contribution in [0, 0.1) is 5.92 Å². The van der Waals surface area contributed by atoms with Crippen LogP contribution >= 0.6 is 0 Å². The van der Waals surface area contributed by atoms with Crippen molar-refractivity contribution in [3.05, 3.63) is 23.7 Å². The van der Waals surface area contributed by atoms with E-state index in [0.717, 1.165) is 37.9 Å². The van der Waals surface area contributed by atoms with Crippen molar-refractivity contribution in [3.63, 3.8) is 0 Å². The molecule has 1 aliphatic carbocycles. The fourth-order valence-corrected chi connectivity index (χ4v) is 2.77. The van der Waals surface area contributed by atoms with Gasteiger partial charge in [0.05, 0.1) is 6.04 Å². The minimum atomic E-state index is -0.00228. The summed E-state index contributed by atoms with van der Waals surface area (Å²) in [5.41, 5.74) is 0. The quantitative estimate of drug-likeness (QED) is 0.832. The Morgan fingerprint density at radius 3 is 2.72 bits per heavy atom. The van der Waals surface area contributed by atoms with E-state index >= 15 is 0 Å². The maximum absolute atomic E-state index is 9.12. The molecule has 1 aromatic heterocycles. The molecular formula is C14H22N2O2. The molecule has 0 radical (unpaired) electrons. The average Bonchev–Trinajstić information content (AvgIpc) is 3.12. The van der Waals surface area contributed by atoms with Gasteiger partial charge in [-0.25, -0.2) is 0 Å². The number of rotatable bonds is 5. The van der Waals surface area contributed by atoms with Gasteiger partial charge in [0.2, 0.25) is 0 Å². The van der Waals surface area contributed by atoms with Gasteiger partial charge in [0.1, 0.15) is 18.1 Å². The molecule has 1 aromatic rings. The zero-order valence-electron chi connectivity index (χ0n) is 10.8. The maximum Gasteiger partial charge on any atom is 0.129 e. The highest BCUT2D eigenvalue weighted by atomic mass is 16.4. The molecule has 2 N–H and O–H groups in total. The third-order valence-corrected chi connectivity index (χ3v) is 4.01. The van der Waals surface area contributed by atoms with Gasteiger partial charge in [-0.2, -0.15) is 0 Å². The number of nitrogens with one attached hydrogen (secondary N) is 1. The molecule has 1 aliphatic heterocycles. The van der Waals surface area contributed by atoms with Crippen LogP contribution in [0.2, 0.25) is 0 Å². The van der Waals surface area contributed by atoms with Crippen molar-refractivity contribution in [1.29, 1.82) is 0 Å². The van der Waals surface area contributed by atoms with Crippen molar-refractivity contribution < 1.29 is 9.52 Å². The van der Waals surface area contributed by atoms with Crippen LogP contribution in [-0.4, -0.2) is 36.2 Å². The molecule has 4 heteroatoms. The first-order valence-electron chi connectivity index (χ1n) is 7.01. The molecule has 0 spiro atoms. The molecule has 1 saturated carbocycles. The molecule has 2 heterocycles. The summed E-state index contributed by atoms with van der Waals surface area (Å²) < 4.78 is 5.76. The summed E-state index contributed by atoms with van der Waals surface area (Å²) in [5, 5.41) is 12.5. The van der Waals surface area contributed by atoms with Crippen LogP contribution in [0.15, 0.2) is 16.5 Å². The van der Waals surface area contributed by atoms with E-state index in [9.17, 15) is 0 Å². The number of aliphatic hydroxyl groups excluding tert-OH is 1. The predicted molar refractivity (Wildman–Crippen MR) is 69.2 cm³/mol. The Morgan fingerprint density at radius 2 is 2.11 bits per heavy atom. The molecule has 100 valence electrons. The second-order valence-electron chi connectivity index (χ2n) is 5.44. The van der Waals surface area contributed by atoms with E-state index in [-0.39, 0.29) is 6.61 Å². The molecule has 0 unspecified atom stereocenters. The summed E-state index contributed by atoms with van der Waals surface area (Å²) in [5.74, 6) is 2.60. The van der Waals surface area contributed by atoms with Gasteiger partial charge >= 0.3 is 0 Å². The fraction of sp³-hybridized carbons (Fsp3) is 0.714. The highest BCUT2D eigenvalue weighted by Crippen LogP contribution is 2.40. The molecule has 0 bridgehead atoms. The number of furan rings is 1. The maximum atomic E-state index is 9.12. The Morgan fingerprint density at radius 1 is 1.33 bits per heavy atom. The molecule has 1 atom stereocenters. The van der Waals surface area contributed by atoms with Crippen molar-refractivity contribution in [1.82, 2.24) is 10.2 Å². The summed E-state index contributed by atoms with van der Waals surface area (Å²) in [6.45, 7) is 4.31. The summed E-state index contributed by atoms with van der Waals surface area (Å²) >= 11 is 0. The Kier molecular flexibility index (Phi) is 3.68. The molecule has 0 amide bonds. The third kappa shape index (κ3) is 2.76. The summed E-state index contributed by atoms with van der Waals surface area (Å²) in [7, 11) is 0. The Hall–Kier alpha value is -0.840. The van der Waals surface area contributed by atoms with Gasteiger partial charge in [-0.15, -0.1) is 0 Å². The van der Waals surface area contributed by atoms with Crippen molar-refractivity contribution in [2.45, 2.75) is 31.9 Å². The second kappa shape index (κ2) is 5.43. The number of hydrogen-bond donors (Lipinski definition) is 2. The van der Waals surface area contributed by atoms with Crippen molar-refractivity contribution in [2.24, 2.45) is 5.92 Å². The minimum absolute atomic E-state index is 0.00228. The van der Waals surface area contributed by atoms with Gasteiger partial charge in [-0.1, -0.05) is 12.8 Å². The van der Waals surface area contributed by atoms with E-state index in [0.29, 0.717) is 11.8 Å². The SMILES string of the molecule is OCc1ccc([C@@H](CC2CC2)N2CCNCC2)o1. The van der Waals surface area contributed by atoms with E-state index in [2.05, 4.69) is 10.2 Å². The molecule has 1 saturated heterocycles. The van der Waals surface area contributed by atoms with E-state index in [1.54, 1.807) is 0 Å². The van der Waals surface area contributed by atoms with E-state index in [1.807, 2.05) is 12.1 Å². The van der Waals surface area contributed by atoms with E-state index < -0.39 is 0 Å². The van der Waals surface area contributed by atoms with Crippen LogP contribution in [-0.2, 0) is 6.61 Å². The van der Waals surface area contributed by atoms with Crippen LogP contribution in [0.25, 0.3) is 0 Å². The standard InChI is InChI=1S/C14H22N2O2/c17-10-12-3-4-14(18-12)13(9-11-1-2-11)16-7-5-15-6-8-16/h3-4,11,13,15,17H,1-2,5-10H2/t13-/m1/s1. The van der Waals surface area contributed by atoms with Crippen molar-refractivity contribution >= 4 is 0 Å². The van der Waals surface area contributed by atoms with Crippen LogP contribution < -0.4 is 5.32 Å². The van der Waals surface area contributed by atoms with Crippen LogP contribution in [0.3, 0.4) is 0 Å². The van der Waals surface area contributed by atoms with Gasteiger partial charge in [0, 0.05) is 26.2 Å². The molecule has 18 heavy (non-hydrogen) atoms. The van der Waals surface area contributed by atoms with Crippen molar-refractivity contribution in [2.75, 3.05) is 26.2 Å². The zero-order chi connectivity index (χ0) is 12.4. The molecule has 2 aliphatic rings. The monoisotopic (exact) mass is 250 g/mol. The molecule has 2 fully saturated rings. The highest BCUT2D eigenvalue weighted by molar-refractivity contribution is 5.11. The van der Waals surface area contributed by atoms with Crippen LogP contribution in [0.4, 0.5) is 0 Å². The summed E-state index contributed by atoms with van der Waals surface area (Å²) in [4.78, 5) is 2.52. The number of nitrogens with zero attached hydrogens (tertiary/aromatic N) is 1. The van der Waals surface area contributed by atoms with Gasteiger partial charge in [0.15, 0.2) is 0 Å². The number of piperazine rings is 1. The normalized spacial score (nSPS) is 23.2. The van der Waals surface area contributed by atoms with Gasteiger partial charge < -0.3 is 14.8 Å². The lowest BCUT2D eigenvalue weighted by Crippen LogP contribution is -2.45. The third-order valence-electron chi connectivity index (χ3n) is 4.01. The Bertz CT molecular complexity index is 381. The average molecular weight is 250 g/mol. The zero-order valence-corrected chi connectivity index (χ0v) is 10.8. The fourth-order valence-electron chi connectivity index (χ4n) is 2.77. The highest BCUT2D eigenvalue weighted by Gasteiger charge is 2.32. The topological polar surface area (TPSA) is 48.6 Å². The van der Waals surface area contributed by atoms with E-state index in [4.69, 9.17) is 9.52 Å².